The van der Waals surface area contributed by atoms with Gasteiger partial charge in [-0.2, -0.15) is 4.98 Å². The first kappa shape index (κ1) is 17.9. The number of halogens is 1. The molecule has 0 radical (unpaired) electrons. The maximum Gasteiger partial charge on any atom is 0.322 e. The monoisotopic (exact) mass is 358 g/mol. The smallest absolute Gasteiger partial charge is 0.322 e. The van der Waals surface area contributed by atoms with Crippen LogP contribution >= 0.6 is 0 Å². The van der Waals surface area contributed by atoms with Gasteiger partial charge in [0.1, 0.15) is 11.6 Å². The van der Waals surface area contributed by atoms with Crippen molar-refractivity contribution >= 4 is 23.5 Å². The topological polar surface area (TPSA) is 73.4 Å². The highest BCUT2D eigenvalue weighted by Crippen LogP contribution is 2.18. The summed E-state index contributed by atoms with van der Waals surface area (Å²) in [7, 11) is 0. The van der Waals surface area contributed by atoms with Crippen molar-refractivity contribution in [1.29, 1.82) is 0 Å². The molecule has 1 saturated heterocycles. The molecular formula is C18H23FN6O. The minimum absolute atomic E-state index is 0.196. The third-order valence-electron chi connectivity index (χ3n) is 4.18. The lowest BCUT2D eigenvalue weighted by molar-refractivity contribution is 0.208. The van der Waals surface area contributed by atoms with Gasteiger partial charge in [-0.1, -0.05) is 12.1 Å². The van der Waals surface area contributed by atoms with Crippen LogP contribution in [0.2, 0.25) is 0 Å². The summed E-state index contributed by atoms with van der Waals surface area (Å²) in [5, 5.41) is 5.76. The van der Waals surface area contributed by atoms with Crippen molar-refractivity contribution in [2.24, 2.45) is 0 Å². The van der Waals surface area contributed by atoms with Gasteiger partial charge < -0.3 is 20.4 Å². The van der Waals surface area contributed by atoms with Crippen LogP contribution in [0.25, 0.3) is 0 Å². The quantitative estimate of drug-likeness (QED) is 0.879. The Morgan fingerprint density at radius 1 is 1.19 bits per heavy atom. The van der Waals surface area contributed by atoms with Crippen LogP contribution in [0.5, 0.6) is 0 Å². The predicted molar refractivity (Wildman–Crippen MR) is 100 cm³/mol. The SMILES string of the molecule is CCNc1nc(C)cc(N2CCN(C(=O)Nc3ccccc3F)CC2)n1. The number of benzene rings is 1. The number of nitrogens with zero attached hydrogens (tertiary/aromatic N) is 4. The van der Waals surface area contributed by atoms with Crippen molar-refractivity contribution in [3.8, 4) is 0 Å². The zero-order chi connectivity index (χ0) is 18.5. The molecule has 8 heteroatoms. The Labute approximate surface area is 152 Å². The Balaban J connectivity index is 1.60. The Bertz CT molecular complexity index is 776. The molecule has 1 fully saturated rings. The summed E-state index contributed by atoms with van der Waals surface area (Å²) in [6, 6.07) is 7.81. The molecule has 1 aliphatic rings. The van der Waals surface area contributed by atoms with E-state index in [2.05, 4.69) is 25.5 Å². The van der Waals surface area contributed by atoms with E-state index >= 15 is 0 Å². The number of hydrogen-bond donors (Lipinski definition) is 2. The minimum Gasteiger partial charge on any atom is -0.354 e. The van der Waals surface area contributed by atoms with Gasteiger partial charge in [0.05, 0.1) is 5.69 Å². The van der Waals surface area contributed by atoms with E-state index in [-0.39, 0.29) is 11.7 Å². The number of carbonyl (C=O) groups excluding carboxylic acids is 1. The zero-order valence-electron chi connectivity index (χ0n) is 15.0. The number of amides is 2. The molecule has 1 aromatic carbocycles. The summed E-state index contributed by atoms with van der Waals surface area (Å²) >= 11 is 0. The number of urea groups is 1. The summed E-state index contributed by atoms with van der Waals surface area (Å²) in [5.74, 6) is 1.02. The fraction of sp³-hybridized carbons (Fsp3) is 0.389. The Morgan fingerprint density at radius 3 is 2.62 bits per heavy atom. The molecule has 2 amide bonds. The molecule has 1 aromatic heterocycles. The maximum atomic E-state index is 13.7. The average Bonchev–Trinajstić information content (AvgIpc) is 2.63. The van der Waals surface area contributed by atoms with E-state index in [1.54, 1.807) is 23.1 Å². The van der Waals surface area contributed by atoms with Gasteiger partial charge in [0.15, 0.2) is 0 Å². The third kappa shape index (κ3) is 4.19. The molecule has 26 heavy (non-hydrogen) atoms. The number of aryl methyl sites for hydroxylation is 1. The highest BCUT2D eigenvalue weighted by atomic mass is 19.1. The number of aromatic nitrogens is 2. The van der Waals surface area contributed by atoms with Crippen molar-refractivity contribution in [2.45, 2.75) is 13.8 Å². The number of para-hydroxylation sites is 1. The molecule has 0 bridgehead atoms. The van der Waals surface area contributed by atoms with Crippen LogP contribution in [-0.4, -0.2) is 53.6 Å². The number of piperazine rings is 1. The Morgan fingerprint density at radius 2 is 1.92 bits per heavy atom. The molecule has 0 aliphatic carbocycles. The van der Waals surface area contributed by atoms with Gasteiger partial charge in [0, 0.05) is 44.5 Å². The second kappa shape index (κ2) is 7.99. The maximum absolute atomic E-state index is 13.7. The number of nitrogens with one attached hydrogen (secondary N) is 2. The molecular weight excluding hydrogens is 335 g/mol. The van der Waals surface area contributed by atoms with Crippen LogP contribution in [0.4, 0.5) is 26.6 Å². The molecule has 2 N–H and O–H groups in total. The van der Waals surface area contributed by atoms with Gasteiger partial charge in [0.2, 0.25) is 5.95 Å². The Kier molecular flexibility index (Phi) is 5.50. The van der Waals surface area contributed by atoms with E-state index in [4.69, 9.17) is 0 Å². The molecule has 2 aromatic rings. The van der Waals surface area contributed by atoms with Gasteiger partial charge in [-0.05, 0) is 26.0 Å². The first-order valence-corrected chi connectivity index (χ1v) is 8.72. The second-order valence-corrected chi connectivity index (χ2v) is 6.11. The fourth-order valence-corrected chi connectivity index (χ4v) is 2.85. The lowest BCUT2D eigenvalue weighted by atomic mass is 10.3. The molecule has 0 unspecified atom stereocenters. The second-order valence-electron chi connectivity index (χ2n) is 6.11. The van der Waals surface area contributed by atoms with Crippen molar-refractivity contribution in [3.05, 3.63) is 41.8 Å². The highest BCUT2D eigenvalue weighted by molar-refractivity contribution is 5.89. The molecule has 0 saturated carbocycles. The van der Waals surface area contributed by atoms with Crippen LogP contribution in [0.15, 0.2) is 30.3 Å². The van der Waals surface area contributed by atoms with Crippen molar-refractivity contribution in [1.82, 2.24) is 14.9 Å². The molecule has 3 rings (SSSR count). The first-order chi connectivity index (χ1) is 12.6. The van der Waals surface area contributed by atoms with Crippen molar-refractivity contribution in [2.75, 3.05) is 48.3 Å². The van der Waals surface area contributed by atoms with E-state index in [0.717, 1.165) is 18.1 Å². The lowest BCUT2D eigenvalue weighted by Crippen LogP contribution is -2.50. The van der Waals surface area contributed by atoms with Gasteiger partial charge in [-0.15, -0.1) is 0 Å². The normalized spacial score (nSPS) is 14.3. The summed E-state index contributed by atoms with van der Waals surface area (Å²) in [6.45, 7) is 7.09. The number of anilines is 3. The lowest BCUT2D eigenvalue weighted by Gasteiger charge is -2.35. The largest absolute Gasteiger partial charge is 0.354 e. The van der Waals surface area contributed by atoms with Crippen LogP contribution in [0.1, 0.15) is 12.6 Å². The van der Waals surface area contributed by atoms with Crippen LogP contribution in [0.3, 0.4) is 0 Å². The predicted octanol–water partition coefficient (Wildman–Crippen LogP) is 2.71. The van der Waals surface area contributed by atoms with Crippen LogP contribution in [0, 0.1) is 12.7 Å². The summed E-state index contributed by atoms with van der Waals surface area (Å²) in [5.41, 5.74) is 1.09. The van der Waals surface area contributed by atoms with Gasteiger partial charge >= 0.3 is 6.03 Å². The van der Waals surface area contributed by atoms with Crippen molar-refractivity contribution < 1.29 is 9.18 Å². The number of carbonyl (C=O) groups is 1. The van der Waals surface area contributed by atoms with E-state index in [1.165, 1.54) is 6.07 Å². The molecule has 0 spiro atoms. The highest BCUT2D eigenvalue weighted by Gasteiger charge is 2.23. The first-order valence-electron chi connectivity index (χ1n) is 8.72. The molecule has 0 atom stereocenters. The van der Waals surface area contributed by atoms with E-state index in [9.17, 15) is 9.18 Å². The van der Waals surface area contributed by atoms with Gasteiger partial charge in [-0.25, -0.2) is 14.2 Å². The third-order valence-corrected chi connectivity index (χ3v) is 4.18. The van der Waals surface area contributed by atoms with E-state index < -0.39 is 5.82 Å². The number of hydrogen-bond acceptors (Lipinski definition) is 5. The summed E-state index contributed by atoms with van der Waals surface area (Å²) < 4.78 is 13.7. The van der Waals surface area contributed by atoms with Crippen LogP contribution < -0.4 is 15.5 Å². The standard InChI is InChI=1S/C18H23FN6O/c1-3-20-17-21-13(2)12-16(23-17)24-8-10-25(11-9-24)18(26)22-15-7-5-4-6-14(15)19/h4-7,12H,3,8-11H2,1-2H3,(H,22,26)(H,20,21,23). The van der Waals surface area contributed by atoms with Crippen LogP contribution in [-0.2, 0) is 0 Å². The minimum atomic E-state index is -0.438. The number of rotatable bonds is 4. The van der Waals surface area contributed by atoms with E-state index in [1.807, 2.05) is 19.9 Å². The van der Waals surface area contributed by atoms with Gasteiger partial charge in [-0.3, -0.25) is 0 Å². The summed E-state index contributed by atoms with van der Waals surface area (Å²) in [4.78, 5) is 25.0. The Hall–Kier alpha value is -2.90. The van der Waals surface area contributed by atoms with Gasteiger partial charge in [0.25, 0.3) is 0 Å². The fourth-order valence-electron chi connectivity index (χ4n) is 2.85. The molecule has 7 nitrogen and oxygen atoms in total. The summed E-state index contributed by atoms with van der Waals surface area (Å²) in [6.07, 6.45) is 0. The van der Waals surface area contributed by atoms with E-state index in [0.29, 0.717) is 32.1 Å². The molecule has 2 heterocycles. The molecule has 1 aliphatic heterocycles. The van der Waals surface area contributed by atoms with Crippen molar-refractivity contribution in [3.63, 3.8) is 0 Å². The average molecular weight is 358 g/mol. The molecule has 138 valence electrons. The zero-order valence-corrected chi connectivity index (χ0v) is 15.0.